The van der Waals surface area contributed by atoms with Gasteiger partial charge in [0.25, 0.3) is 0 Å². The van der Waals surface area contributed by atoms with Gasteiger partial charge in [-0.3, -0.25) is 0 Å². The smallest absolute Gasteiger partial charge is 0.172 e. The third-order valence-electron chi connectivity index (χ3n) is 9.34. The first-order chi connectivity index (χ1) is 23.8. The van der Waals surface area contributed by atoms with Crippen molar-refractivity contribution in [3.05, 3.63) is 158 Å². The van der Waals surface area contributed by atoms with Crippen molar-refractivity contribution in [1.82, 2.24) is 9.97 Å². The van der Waals surface area contributed by atoms with E-state index in [9.17, 15) is 0 Å². The van der Waals surface area contributed by atoms with E-state index < -0.39 is 0 Å². The maximum absolute atomic E-state index is 6.20. The lowest BCUT2D eigenvalue weighted by atomic mass is 9.97. The van der Waals surface area contributed by atoms with E-state index in [1.807, 2.05) is 17.4 Å². The molecule has 0 bridgehead atoms. The van der Waals surface area contributed by atoms with E-state index in [1.54, 1.807) is 6.20 Å². The minimum absolute atomic E-state index is 0.675. The van der Waals surface area contributed by atoms with E-state index >= 15 is 0 Å². The summed E-state index contributed by atoms with van der Waals surface area (Å²) >= 11 is 1.86. The Balaban J connectivity index is 1.05. The van der Waals surface area contributed by atoms with Gasteiger partial charge in [-0.25, -0.2) is 9.97 Å². The van der Waals surface area contributed by atoms with Crippen LogP contribution in [-0.2, 0) is 0 Å². The Kier molecular flexibility index (Phi) is 6.05. The molecule has 0 saturated heterocycles. The van der Waals surface area contributed by atoms with Gasteiger partial charge in [-0.05, 0) is 74.5 Å². The molecule has 0 radical (unpaired) electrons. The van der Waals surface area contributed by atoms with Gasteiger partial charge in [-0.2, -0.15) is 0 Å². The van der Waals surface area contributed by atoms with Gasteiger partial charge >= 0.3 is 0 Å². The highest BCUT2D eigenvalue weighted by Gasteiger charge is 2.15. The highest BCUT2D eigenvalue weighted by molar-refractivity contribution is 7.26. The summed E-state index contributed by atoms with van der Waals surface area (Å²) in [6.07, 6.45) is 1.80. The zero-order valence-electron chi connectivity index (χ0n) is 25.7. The fourth-order valence-corrected chi connectivity index (χ4v) is 8.26. The minimum Gasteiger partial charge on any atom is -0.453 e. The lowest BCUT2D eigenvalue weighted by Gasteiger charge is -2.09. The zero-order chi connectivity index (χ0) is 31.6. The van der Waals surface area contributed by atoms with Crippen molar-refractivity contribution in [2.75, 3.05) is 0 Å². The van der Waals surface area contributed by atoms with Crippen LogP contribution in [0.5, 0.6) is 0 Å². The third kappa shape index (κ3) is 4.34. The number of fused-ring (bicyclic) bond motifs is 7. The first-order valence-corrected chi connectivity index (χ1v) is 16.9. The van der Waals surface area contributed by atoms with Crippen LogP contribution in [-0.4, -0.2) is 9.97 Å². The van der Waals surface area contributed by atoms with Crippen LogP contribution in [0.1, 0.15) is 0 Å². The number of hydrogen-bond acceptors (Lipinski definition) is 4. The highest BCUT2D eigenvalue weighted by atomic mass is 32.1. The standard InChI is InChI=1S/C44H26N2OS/c1-2-15-33-27(9-1)10-7-17-34(33)31-21-22-39-38(25-31)42-40(47-39)26-45-44(46-42)32-14-6-12-29(24-32)28-11-5-13-30(23-28)35-18-8-19-37-36-16-3-4-20-41(36)48-43(35)37/h1-26H. The molecule has 0 aliphatic rings. The Labute approximate surface area is 280 Å². The van der Waals surface area contributed by atoms with Crippen molar-refractivity contribution in [2.45, 2.75) is 0 Å². The molecule has 7 aromatic carbocycles. The van der Waals surface area contributed by atoms with Gasteiger partial charge in [0.15, 0.2) is 11.4 Å². The van der Waals surface area contributed by atoms with Gasteiger partial charge in [0.05, 0.1) is 6.20 Å². The molecule has 0 spiro atoms. The quantitative estimate of drug-likeness (QED) is 0.194. The molecule has 0 amide bonds. The number of benzene rings is 7. The average molecular weight is 631 g/mol. The van der Waals surface area contributed by atoms with E-state index in [0.29, 0.717) is 11.4 Å². The summed E-state index contributed by atoms with van der Waals surface area (Å²) in [5.74, 6) is 0.675. The normalized spacial score (nSPS) is 11.8. The molecule has 0 aliphatic heterocycles. The molecule has 3 nitrogen and oxygen atoms in total. The second-order valence-corrected chi connectivity index (χ2v) is 13.2. The van der Waals surface area contributed by atoms with Crippen molar-refractivity contribution in [3.63, 3.8) is 0 Å². The molecule has 3 heterocycles. The lowest BCUT2D eigenvalue weighted by Crippen LogP contribution is -1.90. The van der Waals surface area contributed by atoms with Gasteiger partial charge in [-0.15, -0.1) is 11.3 Å². The van der Waals surface area contributed by atoms with Crippen LogP contribution < -0.4 is 0 Å². The molecule has 0 N–H and O–H groups in total. The SMILES string of the molecule is c1cc(-c2cccc(-c3cccc4c3sc3ccccc34)c2)cc(-c2ncc3oc4ccc(-c5cccc6ccccc56)cc4c3n2)c1. The highest BCUT2D eigenvalue weighted by Crippen LogP contribution is 2.41. The van der Waals surface area contributed by atoms with Gasteiger partial charge < -0.3 is 4.42 Å². The van der Waals surface area contributed by atoms with Gasteiger partial charge in [0.2, 0.25) is 0 Å². The minimum atomic E-state index is 0.675. The van der Waals surface area contributed by atoms with Gasteiger partial charge in [0.1, 0.15) is 11.1 Å². The molecule has 224 valence electrons. The Morgan fingerprint density at radius 2 is 1.12 bits per heavy atom. The summed E-state index contributed by atoms with van der Waals surface area (Å²) in [5, 5.41) is 6.06. The molecule has 48 heavy (non-hydrogen) atoms. The zero-order valence-corrected chi connectivity index (χ0v) is 26.5. The second-order valence-electron chi connectivity index (χ2n) is 12.2. The molecular weight excluding hydrogens is 605 g/mol. The molecule has 0 atom stereocenters. The number of hydrogen-bond donors (Lipinski definition) is 0. The van der Waals surface area contributed by atoms with Crippen LogP contribution in [0, 0.1) is 0 Å². The van der Waals surface area contributed by atoms with Crippen LogP contribution >= 0.6 is 11.3 Å². The molecule has 0 unspecified atom stereocenters. The summed E-state index contributed by atoms with van der Waals surface area (Å²) in [7, 11) is 0. The van der Waals surface area contributed by atoms with Crippen LogP contribution in [0.4, 0.5) is 0 Å². The predicted molar refractivity (Wildman–Crippen MR) is 201 cm³/mol. The van der Waals surface area contributed by atoms with E-state index in [0.717, 1.165) is 38.7 Å². The van der Waals surface area contributed by atoms with Crippen LogP contribution in [0.15, 0.2) is 162 Å². The van der Waals surface area contributed by atoms with E-state index in [2.05, 4.69) is 146 Å². The Morgan fingerprint density at radius 1 is 0.458 bits per heavy atom. The predicted octanol–water partition coefficient (Wildman–Crippen LogP) is 12.6. The topological polar surface area (TPSA) is 38.9 Å². The first-order valence-electron chi connectivity index (χ1n) is 16.1. The molecule has 4 heteroatoms. The van der Waals surface area contributed by atoms with Crippen molar-refractivity contribution < 1.29 is 4.42 Å². The Morgan fingerprint density at radius 3 is 2.04 bits per heavy atom. The molecule has 10 rings (SSSR count). The van der Waals surface area contributed by atoms with Crippen molar-refractivity contribution in [2.24, 2.45) is 0 Å². The van der Waals surface area contributed by atoms with Crippen molar-refractivity contribution in [1.29, 1.82) is 0 Å². The van der Waals surface area contributed by atoms with Gasteiger partial charge in [-0.1, -0.05) is 121 Å². The largest absolute Gasteiger partial charge is 0.453 e. The van der Waals surface area contributed by atoms with E-state index in [1.165, 1.54) is 47.6 Å². The summed E-state index contributed by atoms with van der Waals surface area (Å²) in [4.78, 5) is 9.83. The van der Waals surface area contributed by atoms with Crippen molar-refractivity contribution >= 4 is 64.4 Å². The number of rotatable bonds is 4. The van der Waals surface area contributed by atoms with E-state index in [4.69, 9.17) is 14.4 Å². The second kappa shape index (κ2) is 10.7. The Hall–Kier alpha value is -6.10. The monoisotopic (exact) mass is 630 g/mol. The fraction of sp³-hybridized carbons (Fsp3) is 0. The molecule has 0 fully saturated rings. The fourth-order valence-electron chi connectivity index (χ4n) is 7.02. The average Bonchev–Trinajstić information content (AvgIpc) is 3.72. The number of furan rings is 1. The number of nitrogens with zero attached hydrogens (tertiary/aromatic N) is 2. The summed E-state index contributed by atoms with van der Waals surface area (Å²) in [5.41, 5.74) is 10.3. The molecular formula is C44H26N2OS. The maximum Gasteiger partial charge on any atom is 0.172 e. The molecule has 3 aromatic heterocycles. The van der Waals surface area contributed by atoms with Crippen LogP contribution in [0.3, 0.4) is 0 Å². The molecule has 0 aliphatic carbocycles. The molecule has 0 saturated carbocycles. The first kappa shape index (κ1) is 27.1. The summed E-state index contributed by atoms with van der Waals surface area (Å²) in [6, 6.07) is 53.9. The molecule has 10 aromatic rings. The maximum atomic E-state index is 6.20. The lowest BCUT2D eigenvalue weighted by molar-refractivity contribution is 0.666. The van der Waals surface area contributed by atoms with Crippen LogP contribution in [0.2, 0.25) is 0 Å². The number of thiophene rings is 1. The summed E-state index contributed by atoms with van der Waals surface area (Å²) < 4.78 is 8.83. The Bertz CT molecular complexity index is 2860. The van der Waals surface area contributed by atoms with Gasteiger partial charge in [0, 0.05) is 31.1 Å². The van der Waals surface area contributed by atoms with Crippen molar-refractivity contribution in [3.8, 4) is 44.8 Å². The van der Waals surface area contributed by atoms with Crippen LogP contribution in [0.25, 0.3) is 97.8 Å². The summed E-state index contributed by atoms with van der Waals surface area (Å²) in [6.45, 7) is 0. The number of aromatic nitrogens is 2. The third-order valence-corrected chi connectivity index (χ3v) is 10.6. The van der Waals surface area contributed by atoms with E-state index in [-0.39, 0.29) is 0 Å².